The molecule has 7 heteroatoms. The van der Waals surface area contributed by atoms with Gasteiger partial charge in [-0.25, -0.2) is 4.79 Å². The zero-order valence-electron chi connectivity index (χ0n) is 13.0. The standard InChI is InChI=1S/C14H21N3O3.HI/c1-15-13(18)16(2)14(19)20-12-9-7-6-8-11(12)10-17(3,4)5;/h6-9H,10H2,1-5H3;1H. The van der Waals surface area contributed by atoms with Gasteiger partial charge in [-0.2, -0.15) is 0 Å². The molecular weight excluding hydrogens is 385 g/mol. The van der Waals surface area contributed by atoms with E-state index in [-0.39, 0.29) is 24.0 Å². The van der Waals surface area contributed by atoms with Crippen LogP contribution in [-0.4, -0.2) is 56.7 Å². The number of hydrogen-bond donors (Lipinski definition) is 0. The Morgan fingerprint density at radius 2 is 1.90 bits per heavy atom. The number of nitrogens with zero attached hydrogens (tertiary/aromatic N) is 3. The van der Waals surface area contributed by atoms with Gasteiger partial charge >= 0.3 is 6.09 Å². The van der Waals surface area contributed by atoms with Gasteiger partial charge in [0.15, 0.2) is 0 Å². The Kier molecular flexibility index (Phi) is 7.65. The van der Waals surface area contributed by atoms with Crippen molar-refractivity contribution < 1.29 is 19.1 Å². The Hall–Kier alpha value is -1.35. The van der Waals surface area contributed by atoms with Crippen LogP contribution in [0.1, 0.15) is 5.56 Å². The van der Waals surface area contributed by atoms with E-state index in [9.17, 15) is 9.90 Å². The fourth-order valence-corrected chi connectivity index (χ4v) is 1.64. The molecule has 0 saturated carbocycles. The number of quaternary nitrogens is 1. The Bertz CT molecular complexity index is 512. The summed E-state index contributed by atoms with van der Waals surface area (Å²) in [6.07, 6.45) is -0.741. The maximum Gasteiger partial charge on any atom is 0.419 e. The first-order valence-electron chi connectivity index (χ1n) is 6.22. The molecule has 6 nitrogen and oxygen atoms in total. The highest BCUT2D eigenvalue weighted by Gasteiger charge is 2.17. The molecule has 1 amide bonds. The normalized spacial score (nSPS) is 11.6. The predicted octanol–water partition coefficient (Wildman–Crippen LogP) is 1.29. The highest BCUT2D eigenvalue weighted by Crippen LogP contribution is 2.21. The SMILES string of the molecule is CN=C([O-])N(C)C(=O)Oc1ccccc1C[N+](C)(C)C.I. The molecule has 0 fully saturated rings. The fraction of sp³-hybridized carbons (Fsp3) is 0.429. The smallest absolute Gasteiger partial charge is 0.419 e. The molecule has 0 aliphatic rings. The summed E-state index contributed by atoms with van der Waals surface area (Å²) < 4.78 is 5.97. The molecule has 21 heavy (non-hydrogen) atoms. The third-order valence-electron chi connectivity index (χ3n) is 2.57. The summed E-state index contributed by atoms with van der Waals surface area (Å²) in [5, 5.41) is 11.3. The summed E-state index contributed by atoms with van der Waals surface area (Å²) in [6.45, 7) is 0.708. The molecular formula is C14H22IN3O3. The Morgan fingerprint density at radius 1 is 1.33 bits per heavy atom. The lowest BCUT2D eigenvalue weighted by Crippen LogP contribution is -2.42. The highest BCUT2D eigenvalue weighted by molar-refractivity contribution is 14.0. The van der Waals surface area contributed by atoms with Crippen molar-refractivity contribution in [3.05, 3.63) is 29.8 Å². The number of halogens is 1. The number of benzene rings is 1. The number of aliphatic imine (C=N–C) groups is 1. The van der Waals surface area contributed by atoms with Gasteiger partial charge in [-0.3, -0.25) is 9.89 Å². The Balaban J connectivity index is 0.00000400. The van der Waals surface area contributed by atoms with Crippen LogP contribution in [0.2, 0.25) is 0 Å². The van der Waals surface area contributed by atoms with Crippen molar-refractivity contribution in [3.63, 3.8) is 0 Å². The molecule has 0 spiro atoms. The van der Waals surface area contributed by atoms with Crippen LogP contribution in [0.3, 0.4) is 0 Å². The Morgan fingerprint density at radius 3 is 2.43 bits per heavy atom. The second-order valence-corrected chi connectivity index (χ2v) is 5.49. The number of rotatable bonds is 3. The van der Waals surface area contributed by atoms with Crippen LogP contribution in [0.15, 0.2) is 29.3 Å². The lowest BCUT2D eigenvalue weighted by atomic mass is 10.2. The number of hydrogen-bond acceptors (Lipinski definition) is 4. The number of ether oxygens (including phenoxy) is 1. The highest BCUT2D eigenvalue weighted by atomic mass is 127. The molecule has 0 saturated heterocycles. The monoisotopic (exact) mass is 407 g/mol. The number of carbonyl (C=O) groups excluding carboxylic acids is 1. The van der Waals surface area contributed by atoms with E-state index in [1.165, 1.54) is 14.1 Å². The molecule has 0 aliphatic heterocycles. The summed E-state index contributed by atoms with van der Waals surface area (Å²) in [7, 11) is 8.80. The molecule has 0 unspecified atom stereocenters. The van der Waals surface area contributed by atoms with E-state index < -0.39 is 12.1 Å². The van der Waals surface area contributed by atoms with Gasteiger partial charge in [0.25, 0.3) is 0 Å². The van der Waals surface area contributed by atoms with Crippen LogP contribution in [0, 0.1) is 0 Å². The summed E-state index contributed by atoms with van der Waals surface area (Å²) in [5.41, 5.74) is 0.905. The minimum absolute atomic E-state index is 0. The summed E-state index contributed by atoms with van der Waals surface area (Å²) in [4.78, 5) is 16.1. The minimum Gasteiger partial charge on any atom is -0.846 e. The summed E-state index contributed by atoms with van der Waals surface area (Å²) in [5.74, 6) is 0.460. The van der Waals surface area contributed by atoms with Gasteiger partial charge < -0.3 is 14.3 Å². The zero-order valence-corrected chi connectivity index (χ0v) is 15.3. The molecule has 0 heterocycles. The van der Waals surface area contributed by atoms with Gasteiger partial charge in [0.05, 0.1) is 27.2 Å². The topological polar surface area (TPSA) is 65.0 Å². The van der Waals surface area contributed by atoms with Crippen molar-refractivity contribution >= 4 is 36.1 Å². The van der Waals surface area contributed by atoms with E-state index in [1.54, 1.807) is 12.1 Å². The quantitative estimate of drug-likeness (QED) is 0.328. The van der Waals surface area contributed by atoms with Crippen LogP contribution >= 0.6 is 24.0 Å². The maximum atomic E-state index is 11.8. The average Bonchev–Trinajstić information content (AvgIpc) is 2.37. The number of amidine groups is 1. The van der Waals surface area contributed by atoms with E-state index in [0.29, 0.717) is 16.8 Å². The van der Waals surface area contributed by atoms with Gasteiger partial charge in [-0.1, -0.05) is 12.1 Å². The lowest BCUT2D eigenvalue weighted by Gasteiger charge is -2.26. The largest absolute Gasteiger partial charge is 0.846 e. The summed E-state index contributed by atoms with van der Waals surface area (Å²) >= 11 is 0. The average molecular weight is 407 g/mol. The molecule has 118 valence electrons. The second kappa shape index (κ2) is 8.18. The van der Waals surface area contributed by atoms with E-state index in [0.717, 1.165) is 10.5 Å². The molecule has 0 aromatic heterocycles. The third-order valence-corrected chi connectivity index (χ3v) is 2.57. The van der Waals surface area contributed by atoms with Gasteiger partial charge in [-0.15, -0.1) is 24.0 Å². The predicted molar refractivity (Wildman–Crippen MR) is 90.7 cm³/mol. The molecule has 0 radical (unpaired) electrons. The molecule has 1 rings (SSSR count). The summed E-state index contributed by atoms with van der Waals surface area (Å²) in [6, 6.07) is 6.65. The molecule has 0 atom stereocenters. The van der Waals surface area contributed by atoms with E-state index >= 15 is 0 Å². The van der Waals surface area contributed by atoms with Gasteiger partial charge in [0.2, 0.25) is 0 Å². The molecule has 1 aromatic carbocycles. The second-order valence-electron chi connectivity index (χ2n) is 5.49. The molecule has 0 aliphatic carbocycles. The molecule has 1 aromatic rings. The first kappa shape index (κ1) is 19.7. The number of carbonyl (C=O) groups is 1. The molecule has 0 N–H and O–H groups in total. The van der Waals surface area contributed by atoms with Crippen molar-refractivity contribution in [1.82, 2.24) is 4.90 Å². The number of amides is 1. The third kappa shape index (κ3) is 6.30. The van der Waals surface area contributed by atoms with E-state index in [1.807, 2.05) is 33.3 Å². The van der Waals surface area contributed by atoms with Crippen molar-refractivity contribution in [3.8, 4) is 5.75 Å². The minimum atomic E-state index is -0.741. The molecule has 0 bridgehead atoms. The van der Waals surface area contributed by atoms with E-state index in [4.69, 9.17) is 4.74 Å². The van der Waals surface area contributed by atoms with Crippen LogP contribution in [0.4, 0.5) is 4.79 Å². The van der Waals surface area contributed by atoms with E-state index in [2.05, 4.69) is 4.99 Å². The Labute approximate surface area is 142 Å². The van der Waals surface area contributed by atoms with Gasteiger partial charge in [0.1, 0.15) is 12.3 Å². The van der Waals surface area contributed by atoms with Gasteiger partial charge in [-0.05, 0) is 12.1 Å². The van der Waals surface area contributed by atoms with Crippen molar-refractivity contribution in [2.24, 2.45) is 4.99 Å². The first-order valence-corrected chi connectivity index (χ1v) is 6.22. The lowest BCUT2D eigenvalue weighted by molar-refractivity contribution is -0.884. The zero-order chi connectivity index (χ0) is 15.3. The van der Waals surface area contributed by atoms with Crippen LogP contribution in [0.5, 0.6) is 5.75 Å². The van der Waals surface area contributed by atoms with Crippen LogP contribution < -0.4 is 9.84 Å². The fourth-order valence-electron chi connectivity index (χ4n) is 1.64. The van der Waals surface area contributed by atoms with Crippen molar-refractivity contribution in [1.29, 1.82) is 0 Å². The number of para-hydroxylation sites is 1. The maximum absolute atomic E-state index is 11.8. The first-order chi connectivity index (χ1) is 9.24. The van der Waals surface area contributed by atoms with Crippen molar-refractivity contribution in [2.75, 3.05) is 35.2 Å². The van der Waals surface area contributed by atoms with Crippen LogP contribution in [-0.2, 0) is 6.54 Å². The van der Waals surface area contributed by atoms with Gasteiger partial charge in [0, 0.05) is 19.7 Å². The van der Waals surface area contributed by atoms with Crippen LogP contribution in [0.25, 0.3) is 0 Å². The van der Waals surface area contributed by atoms with Crippen molar-refractivity contribution in [2.45, 2.75) is 6.54 Å².